The maximum absolute atomic E-state index is 13.6. The Morgan fingerprint density at radius 3 is 2.69 bits per heavy atom. The van der Waals surface area contributed by atoms with Gasteiger partial charge in [0.15, 0.2) is 5.16 Å². The van der Waals surface area contributed by atoms with Crippen molar-refractivity contribution >= 4 is 29.5 Å². The fraction of sp³-hybridized carbons (Fsp3) is 0.259. The van der Waals surface area contributed by atoms with Crippen LogP contribution in [0.15, 0.2) is 91.8 Å². The number of carbonyl (C=O) groups is 1. The molecule has 1 aliphatic heterocycles. The minimum Gasteiger partial charge on any atom is -0.467 e. The third kappa shape index (κ3) is 4.19. The second kappa shape index (κ2) is 9.66. The van der Waals surface area contributed by atoms with Crippen LogP contribution in [0, 0.1) is 12.8 Å². The molecule has 0 N–H and O–H groups in total. The van der Waals surface area contributed by atoms with Gasteiger partial charge in [-0.2, -0.15) is 5.10 Å². The molecule has 0 radical (unpaired) electrons. The quantitative estimate of drug-likeness (QED) is 0.317. The van der Waals surface area contributed by atoms with Crippen molar-refractivity contribution in [1.82, 2.24) is 19.8 Å². The van der Waals surface area contributed by atoms with Gasteiger partial charge < -0.3 is 8.83 Å². The van der Waals surface area contributed by atoms with E-state index in [-0.39, 0.29) is 23.6 Å². The molecular weight excluding hydrogens is 474 g/mol. The standard InChI is InChI=1S/C27H25N5O3S/c1-18-28-29-27(31(18)20-9-3-2-4-10-20)36-17-24(33)32-26(23-13-7-15-35-23)22-12-5-8-19(25(22)30-32)16-21-11-6-14-34-21/h2-4,6-7,9-11,13-16,22,26H,5,8,12,17H2,1H3/b19-16+. The topological polar surface area (TPSA) is 89.7 Å². The summed E-state index contributed by atoms with van der Waals surface area (Å²) in [5, 5.41) is 15.7. The number of hydrogen-bond donors (Lipinski definition) is 0. The van der Waals surface area contributed by atoms with Crippen LogP contribution in [-0.4, -0.2) is 37.1 Å². The zero-order valence-corrected chi connectivity index (χ0v) is 20.6. The van der Waals surface area contributed by atoms with E-state index in [4.69, 9.17) is 13.9 Å². The Balaban J connectivity index is 1.28. The number of amides is 1. The SMILES string of the molecule is Cc1nnc(SCC(=O)N2N=C3/C(=C/c4ccco4)CCCC3C2c2ccco2)n1-c1ccccc1. The van der Waals surface area contributed by atoms with E-state index < -0.39 is 0 Å². The highest BCUT2D eigenvalue weighted by atomic mass is 32.2. The molecule has 1 amide bonds. The number of para-hydroxylation sites is 1. The van der Waals surface area contributed by atoms with Gasteiger partial charge >= 0.3 is 0 Å². The molecule has 4 heterocycles. The molecule has 2 atom stereocenters. The Morgan fingerprint density at radius 2 is 1.92 bits per heavy atom. The van der Waals surface area contributed by atoms with E-state index in [1.807, 2.05) is 72.2 Å². The Bertz CT molecular complexity index is 1410. The number of aryl methyl sites for hydroxylation is 1. The molecule has 0 spiro atoms. The van der Waals surface area contributed by atoms with Gasteiger partial charge in [-0.1, -0.05) is 30.0 Å². The monoisotopic (exact) mass is 499 g/mol. The molecular formula is C27H25N5O3S. The minimum atomic E-state index is -0.267. The number of fused-ring (bicyclic) bond motifs is 1. The number of hydrogen-bond acceptors (Lipinski definition) is 7. The first-order valence-corrected chi connectivity index (χ1v) is 13.0. The van der Waals surface area contributed by atoms with E-state index in [9.17, 15) is 4.79 Å². The number of carbonyl (C=O) groups excluding carboxylic acids is 1. The predicted octanol–water partition coefficient (Wildman–Crippen LogP) is 5.68. The summed E-state index contributed by atoms with van der Waals surface area (Å²) in [5.74, 6) is 2.47. The van der Waals surface area contributed by atoms with Crippen molar-refractivity contribution in [3.8, 4) is 5.69 Å². The molecule has 182 valence electrons. The average molecular weight is 500 g/mol. The van der Waals surface area contributed by atoms with E-state index in [0.717, 1.165) is 53.6 Å². The highest BCUT2D eigenvalue weighted by molar-refractivity contribution is 7.99. The lowest BCUT2D eigenvalue weighted by atomic mass is 9.79. The summed E-state index contributed by atoms with van der Waals surface area (Å²) < 4.78 is 13.3. The van der Waals surface area contributed by atoms with Gasteiger partial charge in [-0.3, -0.25) is 9.36 Å². The second-order valence-electron chi connectivity index (χ2n) is 8.86. The van der Waals surface area contributed by atoms with Crippen LogP contribution >= 0.6 is 11.8 Å². The number of allylic oxidation sites excluding steroid dienone is 1. The molecule has 8 nitrogen and oxygen atoms in total. The molecule has 1 aliphatic carbocycles. The van der Waals surface area contributed by atoms with Gasteiger partial charge in [0.05, 0.1) is 24.0 Å². The molecule has 0 bridgehead atoms. The zero-order chi connectivity index (χ0) is 24.5. The first kappa shape index (κ1) is 22.6. The van der Waals surface area contributed by atoms with Crippen LogP contribution < -0.4 is 0 Å². The summed E-state index contributed by atoms with van der Waals surface area (Å²) in [6.07, 6.45) is 8.22. The summed E-state index contributed by atoms with van der Waals surface area (Å²) >= 11 is 1.36. The Labute approximate surface area is 212 Å². The largest absolute Gasteiger partial charge is 0.467 e. The predicted molar refractivity (Wildman–Crippen MR) is 137 cm³/mol. The summed E-state index contributed by atoms with van der Waals surface area (Å²) in [6.45, 7) is 1.91. The van der Waals surface area contributed by atoms with Crippen molar-refractivity contribution in [2.24, 2.45) is 11.0 Å². The highest BCUT2D eigenvalue weighted by Crippen LogP contribution is 2.44. The third-order valence-electron chi connectivity index (χ3n) is 6.59. The molecule has 1 aromatic carbocycles. The van der Waals surface area contributed by atoms with Gasteiger partial charge in [0, 0.05) is 11.6 Å². The maximum atomic E-state index is 13.6. The van der Waals surface area contributed by atoms with Crippen LogP contribution in [0.5, 0.6) is 0 Å². The number of benzene rings is 1. The molecule has 1 saturated carbocycles. The molecule has 6 rings (SSSR count). The van der Waals surface area contributed by atoms with Crippen molar-refractivity contribution in [3.63, 3.8) is 0 Å². The maximum Gasteiger partial charge on any atom is 0.253 e. The summed E-state index contributed by atoms with van der Waals surface area (Å²) in [5.41, 5.74) is 3.02. The smallest absolute Gasteiger partial charge is 0.253 e. The van der Waals surface area contributed by atoms with Gasteiger partial charge in [0.2, 0.25) is 0 Å². The van der Waals surface area contributed by atoms with E-state index in [2.05, 4.69) is 10.2 Å². The van der Waals surface area contributed by atoms with Crippen LogP contribution in [0.4, 0.5) is 0 Å². The van der Waals surface area contributed by atoms with Crippen LogP contribution in [0.3, 0.4) is 0 Å². The van der Waals surface area contributed by atoms with Gasteiger partial charge in [0.25, 0.3) is 5.91 Å². The Hall–Kier alpha value is -3.85. The molecule has 1 fully saturated rings. The lowest BCUT2D eigenvalue weighted by Crippen LogP contribution is -2.32. The van der Waals surface area contributed by atoms with Gasteiger partial charge in [0.1, 0.15) is 23.4 Å². The van der Waals surface area contributed by atoms with Gasteiger partial charge in [-0.05, 0) is 74.2 Å². The lowest BCUT2D eigenvalue weighted by Gasteiger charge is -2.27. The lowest BCUT2D eigenvalue weighted by molar-refractivity contribution is -0.131. The molecule has 3 aromatic heterocycles. The number of hydrazone groups is 1. The molecule has 36 heavy (non-hydrogen) atoms. The first-order chi connectivity index (χ1) is 17.7. The van der Waals surface area contributed by atoms with E-state index in [1.165, 1.54) is 11.8 Å². The van der Waals surface area contributed by atoms with Crippen molar-refractivity contribution < 1.29 is 13.6 Å². The van der Waals surface area contributed by atoms with Gasteiger partial charge in [-0.15, -0.1) is 10.2 Å². The third-order valence-corrected chi connectivity index (χ3v) is 7.50. The van der Waals surface area contributed by atoms with Crippen LogP contribution in [0.1, 0.15) is 42.6 Å². The average Bonchev–Trinajstić information content (AvgIpc) is 3.70. The number of aromatic nitrogens is 3. The van der Waals surface area contributed by atoms with Crippen LogP contribution in [-0.2, 0) is 4.79 Å². The van der Waals surface area contributed by atoms with E-state index >= 15 is 0 Å². The number of nitrogens with zero attached hydrogens (tertiary/aromatic N) is 5. The first-order valence-electron chi connectivity index (χ1n) is 12.0. The van der Waals surface area contributed by atoms with Gasteiger partial charge in [-0.25, -0.2) is 5.01 Å². The minimum absolute atomic E-state index is 0.0790. The Kier molecular flexibility index (Phi) is 6.06. The molecule has 2 unspecified atom stereocenters. The van der Waals surface area contributed by atoms with Crippen molar-refractivity contribution in [3.05, 3.63) is 90.0 Å². The Morgan fingerprint density at radius 1 is 1.08 bits per heavy atom. The molecule has 4 aromatic rings. The van der Waals surface area contributed by atoms with E-state index in [1.54, 1.807) is 17.5 Å². The number of thioether (sulfide) groups is 1. The number of rotatable bonds is 6. The fourth-order valence-corrected chi connectivity index (χ4v) is 5.84. The zero-order valence-electron chi connectivity index (χ0n) is 19.8. The van der Waals surface area contributed by atoms with Crippen LogP contribution in [0.2, 0.25) is 0 Å². The van der Waals surface area contributed by atoms with E-state index in [0.29, 0.717) is 5.16 Å². The van der Waals surface area contributed by atoms with Crippen molar-refractivity contribution in [2.45, 2.75) is 37.4 Å². The second-order valence-corrected chi connectivity index (χ2v) is 9.80. The number of furan rings is 2. The highest BCUT2D eigenvalue weighted by Gasteiger charge is 2.45. The normalized spacial score (nSPS) is 20.5. The van der Waals surface area contributed by atoms with Crippen LogP contribution in [0.25, 0.3) is 11.8 Å². The summed E-state index contributed by atoms with van der Waals surface area (Å²) in [6, 6.07) is 17.2. The van der Waals surface area contributed by atoms with Crippen molar-refractivity contribution in [2.75, 3.05) is 5.75 Å². The molecule has 0 saturated heterocycles. The summed E-state index contributed by atoms with van der Waals surface area (Å²) in [4.78, 5) is 13.6. The molecule has 9 heteroatoms. The fourth-order valence-electron chi connectivity index (χ4n) is 4.99. The molecule has 2 aliphatic rings. The van der Waals surface area contributed by atoms with Crippen molar-refractivity contribution in [1.29, 1.82) is 0 Å². The summed E-state index contributed by atoms with van der Waals surface area (Å²) in [7, 11) is 0.